The molecule has 4 aliphatic rings. The number of aromatic nitrogens is 5. The Kier molecular flexibility index (Phi) is 4.89. The minimum Gasteiger partial charge on any atom is -0.356 e. The van der Waals surface area contributed by atoms with E-state index >= 15 is 0 Å². The summed E-state index contributed by atoms with van der Waals surface area (Å²) in [6.07, 6.45) is 8.80. The fourth-order valence-corrected chi connectivity index (χ4v) is 6.99. The molecule has 0 saturated heterocycles. The van der Waals surface area contributed by atoms with Gasteiger partial charge >= 0.3 is 0 Å². The van der Waals surface area contributed by atoms with E-state index in [0.29, 0.717) is 18.4 Å². The van der Waals surface area contributed by atoms with Crippen LogP contribution in [-0.4, -0.2) is 37.0 Å². The maximum atomic E-state index is 13.4. The zero-order valence-electron chi connectivity index (χ0n) is 17.5. The molecule has 1 amide bonds. The second-order valence-corrected chi connectivity index (χ2v) is 10.5. The Morgan fingerprint density at radius 2 is 1.93 bits per heavy atom. The van der Waals surface area contributed by atoms with Gasteiger partial charge in [-0.15, -0.1) is 5.10 Å². The Morgan fingerprint density at radius 3 is 2.53 bits per heavy atom. The van der Waals surface area contributed by atoms with Crippen LogP contribution in [0.1, 0.15) is 56.3 Å². The van der Waals surface area contributed by atoms with E-state index in [1.54, 1.807) is 6.33 Å². The molecule has 30 heavy (non-hydrogen) atoms. The first-order valence-corrected chi connectivity index (χ1v) is 11.6. The van der Waals surface area contributed by atoms with Gasteiger partial charge in [0, 0.05) is 13.1 Å². The summed E-state index contributed by atoms with van der Waals surface area (Å²) in [5, 5.41) is 13.2. The summed E-state index contributed by atoms with van der Waals surface area (Å²) < 4.78 is 3.89. The molecule has 2 heterocycles. The highest BCUT2D eigenvalue weighted by Gasteiger charge is 2.61. The largest absolute Gasteiger partial charge is 0.356 e. The average Bonchev–Trinajstić information content (AvgIpc) is 3.24. The van der Waals surface area contributed by atoms with E-state index in [1.807, 2.05) is 23.2 Å². The van der Waals surface area contributed by atoms with E-state index in [1.165, 1.54) is 6.42 Å². The fourth-order valence-electron chi connectivity index (χ4n) is 6.73. The summed E-state index contributed by atoms with van der Waals surface area (Å²) in [6, 6.07) is 0. The summed E-state index contributed by atoms with van der Waals surface area (Å²) in [5.41, 5.74) is 1.44. The lowest BCUT2D eigenvalue weighted by Gasteiger charge is -2.60. The van der Waals surface area contributed by atoms with Crippen LogP contribution in [-0.2, 0) is 16.9 Å². The summed E-state index contributed by atoms with van der Waals surface area (Å²) in [7, 11) is 0. The van der Waals surface area contributed by atoms with E-state index in [4.69, 9.17) is 23.2 Å². The quantitative estimate of drug-likeness (QED) is 0.676. The second kappa shape index (κ2) is 7.23. The van der Waals surface area contributed by atoms with Gasteiger partial charge in [0.05, 0.1) is 27.4 Å². The van der Waals surface area contributed by atoms with E-state index in [0.717, 1.165) is 61.5 Å². The number of aryl methyl sites for hydroxylation is 2. The van der Waals surface area contributed by atoms with Crippen molar-refractivity contribution >= 4 is 29.1 Å². The topological polar surface area (TPSA) is 77.6 Å². The van der Waals surface area contributed by atoms with Crippen molar-refractivity contribution in [1.29, 1.82) is 0 Å². The zero-order valence-corrected chi connectivity index (χ0v) is 19.0. The standard InChI is InChI=1S/C21H28Cl2N6O/c1-13-17(22)14(2)28(26-13)5-3-4-24-18(30)20-7-15-6-16(8-20)10-21(9-15,11-20)29-12-25-19(23)27-29/h12,15-16H,3-11H2,1-2H3,(H,24,30). The predicted octanol–water partition coefficient (Wildman–Crippen LogP) is 3.90. The molecule has 4 saturated carbocycles. The van der Waals surface area contributed by atoms with Gasteiger partial charge in [0.15, 0.2) is 0 Å². The van der Waals surface area contributed by atoms with Crippen molar-refractivity contribution in [2.75, 3.05) is 6.54 Å². The van der Waals surface area contributed by atoms with Crippen LogP contribution in [0.15, 0.2) is 6.33 Å². The molecule has 0 radical (unpaired) electrons. The highest BCUT2D eigenvalue weighted by atomic mass is 35.5. The Balaban J connectivity index is 1.25. The monoisotopic (exact) mass is 450 g/mol. The number of hydrogen-bond acceptors (Lipinski definition) is 4. The number of carbonyl (C=O) groups is 1. The van der Waals surface area contributed by atoms with Gasteiger partial charge in [-0.25, -0.2) is 9.67 Å². The third kappa shape index (κ3) is 3.25. The van der Waals surface area contributed by atoms with E-state index in [9.17, 15) is 4.79 Å². The number of nitrogens with zero attached hydrogens (tertiary/aromatic N) is 5. The van der Waals surface area contributed by atoms with Crippen molar-refractivity contribution in [2.24, 2.45) is 17.3 Å². The highest BCUT2D eigenvalue weighted by Crippen LogP contribution is 2.64. The van der Waals surface area contributed by atoms with Crippen molar-refractivity contribution in [2.45, 2.75) is 70.9 Å². The predicted molar refractivity (Wildman–Crippen MR) is 114 cm³/mol. The van der Waals surface area contributed by atoms with Crippen LogP contribution in [0.4, 0.5) is 0 Å². The Labute approximate surface area is 186 Å². The highest BCUT2D eigenvalue weighted by molar-refractivity contribution is 6.31. The third-order valence-corrected chi connectivity index (χ3v) is 8.31. The summed E-state index contributed by atoms with van der Waals surface area (Å²) in [6.45, 7) is 5.29. The fraction of sp³-hybridized carbons (Fsp3) is 0.714. The number of halogens is 2. The van der Waals surface area contributed by atoms with Gasteiger partial charge < -0.3 is 5.32 Å². The van der Waals surface area contributed by atoms with Crippen molar-refractivity contribution in [3.63, 3.8) is 0 Å². The molecule has 0 spiro atoms. The smallest absolute Gasteiger partial charge is 0.242 e. The van der Waals surface area contributed by atoms with Gasteiger partial charge in [-0.05, 0) is 82.2 Å². The Hall–Kier alpha value is -1.60. The molecule has 0 aliphatic heterocycles. The minimum atomic E-state index is -0.288. The van der Waals surface area contributed by atoms with Crippen molar-refractivity contribution in [3.8, 4) is 0 Å². The lowest BCUT2D eigenvalue weighted by molar-refractivity contribution is -0.156. The summed E-state index contributed by atoms with van der Waals surface area (Å²) in [4.78, 5) is 17.5. The molecule has 4 fully saturated rings. The number of rotatable bonds is 6. The molecule has 7 nitrogen and oxygen atoms in total. The average molecular weight is 451 g/mol. The lowest BCUT2D eigenvalue weighted by Crippen LogP contribution is -2.61. The van der Waals surface area contributed by atoms with Crippen LogP contribution in [0, 0.1) is 31.1 Å². The van der Waals surface area contributed by atoms with E-state index in [2.05, 4.69) is 20.5 Å². The molecule has 2 aromatic heterocycles. The van der Waals surface area contributed by atoms with Gasteiger partial charge in [0.2, 0.25) is 11.2 Å². The Bertz CT molecular complexity index is 968. The van der Waals surface area contributed by atoms with E-state index < -0.39 is 0 Å². The van der Waals surface area contributed by atoms with Crippen molar-refractivity contribution in [1.82, 2.24) is 29.9 Å². The van der Waals surface area contributed by atoms with E-state index in [-0.39, 0.29) is 22.1 Å². The Morgan fingerprint density at radius 1 is 1.20 bits per heavy atom. The van der Waals surface area contributed by atoms with Crippen LogP contribution in [0.5, 0.6) is 0 Å². The van der Waals surface area contributed by atoms with Crippen LogP contribution >= 0.6 is 23.2 Å². The molecule has 1 N–H and O–H groups in total. The molecule has 0 aromatic carbocycles. The molecule has 2 atom stereocenters. The van der Waals surface area contributed by atoms with Crippen LogP contribution in [0.2, 0.25) is 10.3 Å². The first-order chi connectivity index (χ1) is 14.3. The molecule has 9 heteroatoms. The molecule has 2 aromatic rings. The van der Waals surface area contributed by atoms with Gasteiger partial charge in [0.25, 0.3) is 0 Å². The molecule has 2 unspecified atom stereocenters. The molecule has 4 aliphatic carbocycles. The van der Waals surface area contributed by atoms with Crippen LogP contribution in [0.3, 0.4) is 0 Å². The number of amides is 1. The molecule has 4 bridgehead atoms. The first kappa shape index (κ1) is 20.3. The summed E-state index contributed by atoms with van der Waals surface area (Å²) >= 11 is 12.2. The first-order valence-electron chi connectivity index (χ1n) is 10.9. The molecule has 162 valence electrons. The number of nitrogens with one attached hydrogen (secondary N) is 1. The molecule has 6 rings (SSSR count). The van der Waals surface area contributed by atoms with Gasteiger partial charge in [0.1, 0.15) is 6.33 Å². The van der Waals surface area contributed by atoms with Gasteiger partial charge in [-0.2, -0.15) is 5.10 Å². The van der Waals surface area contributed by atoms with Crippen LogP contribution < -0.4 is 5.32 Å². The number of carbonyl (C=O) groups excluding carboxylic acids is 1. The minimum absolute atomic E-state index is 0.109. The maximum Gasteiger partial charge on any atom is 0.242 e. The normalized spacial score (nSPS) is 32.0. The van der Waals surface area contributed by atoms with Crippen molar-refractivity contribution < 1.29 is 4.79 Å². The van der Waals surface area contributed by atoms with Crippen molar-refractivity contribution in [3.05, 3.63) is 28.0 Å². The molecular formula is C21H28Cl2N6O. The van der Waals surface area contributed by atoms with Crippen LogP contribution in [0.25, 0.3) is 0 Å². The van der Waals surface area contributed by atoms with Gasteiger partial charge in [-0.1, -0.05) is 11.6 Å². The molecular weight excluding hydrogens is 423 g/mol. The second-order valence-electron chi connectivity index (χ2n) is 9.74. The zero-order chi connectivity index (χ0) is 21.1. The maximum absolute atomic E-state index is 13.4. The summed E-state index contributed by atoms with van der Waals surface area (Å²) in [5.74, 6) is 1.37. The lowest BCUT2D eigenvalue weighted by atomic mass is 9.46. The van der Waals surface area contributed by atoms with Gasteiger partial charge in [-0.3, -0.25) is 9.48 Å². The SMILES string of the molecule is Cc1nn(CCCNC(=O)C23CC4CC(C2)CC(n2cnc(Cl)n2)(C4)C3)c(C)c1Cl. The third-order valence-electron chi connectivity index (χ3n) is 7.59. The number of hydrogen-bond donors (Lipinski definition) is 1.